The number of aromatic amines is 1. The van der Waals surface area contributed by atoms with Crippen LogP contribution in [0, 0.1) is 13.8 Å². The van der Waals surface area contributed by atoms with E-state index in [2.05, 4.69) is 87.9 Å². The van der Waals surface area contributed by atoms with Gasteiger partial charge in [0.2, 0.25) is 0 Å². The summed E-state index contributed by atoms with van der Waals surface area (Å²) in [7, 11) is 0. The van der Waals surface area contributed by atoms with Crippen LogP contribution in [0.1, 0.15) is 41.9 Å². The van der Waals surface area contributed by atoms with E-state index in [-0.39, 0.29) is 0 Å². The minimum atomic E-state index is -0.452. The fraction of sp³-hybridized carbons (Fsp3) is 0.370. The van der Waals surface area contributed by atoms with Gasteiger partial charge in [0, 0.05) is 37.1 Å². The van der Waals surface area contributed by atoms with Crippen molar-refractivity contribution in [3.63, 3.8) is 0 Å². The Morgan fingerprint density at radius 2 is 1.54 bits per heavy atom. The molecule has 5 rings (SSSR count). The van der Waals surface area contributed by atoms with Crippen molar-refractivity contribution in [3.8, 4) is 22.5 Å². The summed E-state index contributed by atoms with van der Waals surface area (Å²) >= 11 is 0. The van der Waals surface area contributed by atoms with Crippen molar-refractivity contribution in [2.75, 3.05) is 18.0 Å². The van der Waals surface area contributed by atoms with Crippen LogP contribution in [0.2, 0.25) is 0 Å². The summed E-state index contributed by atoms with van der Waals surface area (Å²) in [4.78, 5) is 12.5. The zero-order chi connectivity index (χ0) is 24.2. The molecular weight excluding hydrogens is 438 g/mol. The Hall–Kier alpha value is -3.65. The lowest BCUT2D eigenvalue weighted by atomic mass is 10.00. The first kappa shape index (κ1) is 23.1. The number of aryl methyl sites for hydroxylation is 3. The lowest BCUT2D eigenvalue weighted by Crippen LogP contribution is -2.40. The van der Waals surface area contributed by atoms with Gasteiger partial charge in [-0.2, -0.15) is 5.21 Å². The Bertz CT molecular complexity index is 1250. The standard InChI is InChI=1S/C27H31N7O/c1-18-7-11-20(12-8-18)25-26(21-13-9-19(2)10-14-21)29-27-23(28-25)16-22(35)17-34(27)15-5-3-4-6-24-30-32-33-31-24/h7-14,22,35H,3-6,15-17H2,1-2H3,(H,30,31,32,33). The predicted octanol–water partition coefficient (Wildman–Crippen LogP) is 4.08. The fourth-order valence-electron chi connectivity index (χ4n) is 4.55. The van der Waals surface area contributed by atoms with Crippen LogP contribution in [0.5, 0.6) is 0 Å². The smallest absolute Gasteiger partial charge is 0.174 e. The van der Waals surface area contributed by atoms with Crippen LogP contribution in [0.4, 0.5) is 5.82 Å². The fourth-order valence-corrected chi connectivity index (χ4v) is 4.55. The number of rotatable bonds is 8. The van der Waals surface area contributed by atoms with Crippen molar-refractivity contribution < 1.29 is 5.11 Å². The van der Waals surface area contributed by atoms with Crippen LogP contribution in [0.3, 0.4) is 0 Å². The summed E-state index contributed by atoms with van der Waals surface area (Å²) in [6.07, 6.45) is 3.90. The highest BCUT2D eigenvalue weighted by atomic mass is 16.3. The number of fused-ring (bicyclic) bond motifs is 1. The van der Waals surface area contributed by atoms with Crippen molar-refractivity contribution in [1.82, 2.24) is 30.6 Å². The lowest BCUT2D eigenvalue weighted by Gasteiger charge is -2.33. The number of H-pyrrole nitrogens is 1. The molecule has 2 aromatic carbocycles. The first-order chi connectivity index (χ1) is 17.1. The topological polar surface area (TPSA) is 104 Å². The highest BCUT2D eigenvalue weighted by Gasteiger charge is 2.28. The van der Waals surface area contributed by atoms with Crippen molar-refractivity contribution in [1.29, 1.82) is 0 Å². The molecule has 4 aromatic rings. The first-order valence-electron chi connectivity index (χ1n) is 12.3. The minimum absolute atomic E-state index is 0.452. The molecule has 0 spiro atoms. The number of β-amino-alcohol motifs (C(OH)–C–C–N with tert-alkyl or cyclic N) is 1. The first-order valence-corrected chi connectivity index (χ1v) is 12.3. The van der Waals surface area contributed by atoms with Crippen LogP contribution >= 0.6 is 0 Å². The van der Waals surface area contributed by atoms with E-state index in [9.17, 15) is 5.11 Å². The summed E-state index contributed by atoms with van der Waals surface area (Å²) in [5, 5.41) is 24.8. The molecule has 1 unspecified atom stereocenters. The van der Waals surface area contributed by atoms with E-state index in [0.29, 0.717) is 13.0 Å². The van der Waals surface area contributed by atoms with Gasteiger partial charge >= 0.3 is 0 Å². The van der Waals surface area contributed by atoms with Crippen LogP contribution in [-0.2, 0) is 12.8 Å². The molecule has 3 heterocycles. The van der Waals surface area contributed by atoms with Crippen molar-refractivity contribution in [3.05, 3.63) is 71.2 Å². The SMILES string of the molecule is Cc1ccc(-c2nc3c(nc2-c2ccc(C)cc2)N(CCCCCc2nn[nH]n2)CC(O)C3)cc1. The second-order valence-corrected chi connectivity index (χ2v) is 9.37. The third-order valence-corrected chi connectivity index (χ3v) is 6.47. The number of hydrogen-bond donors (Lipinski definition) is 2. The summed E-state index contributed by atoms with van der Waals surface area (Å²) in [5.41, 5.74) is 7.11. The monoisotopic (exact) mass is 469 g/mol. The Kier molecular flexibility index (Phi) is 6.81. The maximum atomic E-state index is 10.6. The number of aliphatic hydroxyl groups is 1. The summed E-state index contributed by atoms with van der Waals surface area (Å²) in [6, 6.07) is 16.9. The van der Waals surface area contributed by atoms with E-state index in [1.165, 1.54) is 11.1 Å². The molecule has 35 heavy (non-hydrogen) atoms. The number of nitrogens with zero attached hydrogens (tertiary/aromatic N) is 6. The Labute approximate surface area is 205 Å². The van der Waals surface area contributed by atoms with Crippen LogP contribution in [-0.4, -0.2) is 54.9 Å². The van der Waals surface area contributed by atoms with Gasteiger partial charge in [0.15, 0.2) is 11.6 Å². The van der Waals surface area contributed by atoms with Gasteiger partial charge in [-0.25, -0.2) is 9.97 Å². The maximum Gasteiger partial charge on any atom is 0.174 e. The molecule has 0 bridgehead atoms. The van der Waals surface area contributed by atoms with Gasteiger partial charge in [-0.15, -0.1) is 10.2 Å². The Morgan fingerprint density at radius 1 is 0.886 bits per heavy atom. The van der Waals surface area contributed by atoms with Gasteiger partial charge in [-0.3, -0.25) is 0 Å². The van der Waals surface area contributed by atoms with E-state index in [1.807, 2.05) is 0 Å². The lowest BCUT2D eigenvalue weighted by molar-refractivity contribution is 0.173. The molecule has 8 heteroatoms. The minimum Gasteiger partial charge on any atom is -0.391 e. The number of benzene rings is 2. The maximum absolute atomic E-state index is 10.6. The molecule has 1 aliphatic heterocycles. The largest absolute Gasteiger partial charge is 0.391 e. The average Bonchev–Trinajstić information content (AvgIpc) is 3.38. The number of aliphatic hydroxyl groups excluding tert-OH is 1. The molecule has 0 amide bonds. The Balaban J connectivity index is 1.43. The quantitative estimate of drug-likeness (QED) is 0.375. The van der Waals surface area contributed by atoms with Crippen molar-refractivity contribution >= 4 is 5.82 Å². The summed E-state index contributed by atoms with van der Waals surface area (Å²) in [6.45, 7) is 5.57. The van der Waals surface area contributed by atoms with Gasteiger partial charge < -0.3 is 10.0 Å². The molecule has 2 aromatic heterocycles. The second kappa shape index (κ2) is 10.3. The van der Waals surface area contributed by atoms with Crippen LogP contribution in [0.15, 0.2) is 48.5 Å². The van der Waals surface area contributed by atoms with Crippen LogP contribution < -0.4 is 4.90 Å². The van der Waals surface area contributed by atoms with Gasteiger partial charge in [-0.05, 0) is 26.7 Å². The van der Waals surface area contributed by atoms with E-state index in [0.717, 1.165) is 72.1 Å². The molecule has 0 saturated carbocycles. The molecular formula is C27H31N7O. The number of nitrogens with one attached hydrogen (secondary N) is 1. The van der Waals surface area contributed by atoms with Gasteiger partial charge in [0.1, 0.15) is 0 Å². The van der Waals surface area contributed by atoms with Crippen molar-refractivity contribution in [2.45, 2.75) is 52.1 Å². The average molecular weight is 470 g/mol. The van der Waals surface area contributed by atoms with E-state index in [4.69, 9.17) is 9.97 Å². The van der Waals surface area contributed by atoms with Gasteiger partial charge in [0.05, 0.1) is 23.2 Å². The Morgan fingerprint density at radius 3 is 2.17 bits per heavy atom. The molecule has 0 aliphatic carbocycles. The normalized spacial score (nSPS) is 15.3. The molecule has 1 atom stereocenters. The van der Waals surface area contributed by atoms with Gasteiger partial charge in [0.25, 0.3) is 0 Å². The summed E-state index contributed by atoms with van der Waals surface area (Å²) in [5.74, 6) is 1.64. The molecule has 0 fully saturated rings. The second-order valence-electron chi connectivity index (χ2n) is 9.37. The molecule has 0 saturated heterocycles. The predicted molar refractivity (Wildman–Crippen MR) is 136 cm³/mol. The van der Waals surface area contributed by atoms with E-state index in [1.54, 1.807) is 0 Å². The molecule has 8 nitrogen and oxygen atoms in total. The summed E-state index contributed by atoms with van der Waals surface area (Å²) < 4.78 is 0. The van der Waals surface area contributed by atoms with Crippen molar-refractivity contribution in [2.24, 2.45) is 0 Å². The third-order valence-electron chi connectivity index (χ3n) is 6.47. The highest BCUT2D eigenvalue weighted by Crippen LogP contribution is 2.35. The number of aromatic nitrogens is 6. The van der Waals surface area contributed by atoms with Gasteiger partial charge in [-0.1, -0.05) is 71.3 Å². The number of hydrogen-bond acceptors (Lipinski definition) is 7. The molecule has 0 radical (unpaired) electrons. The number of anilines is 1. The molecule has 180 valence electrons. The third kappa shape index (κ3) is 5.38. The molecule has 1 aliphatic rings. The van der Waals surface area contributed by atoms with E-state index >= 15 is 0 Å². The highest BCUT2D eigenvalue weighted by molar-refractivity contribution is 5.80. The molecule has 2 N–H and O–H groups in total. The zero-order valence-corrected chi connectivity index (χ0v) is 20.3. The number of tetrazole rings is 1. The van der Waals surface area contributed by atoms with Crippen LogP contribution in [0.25, 0.3) is 22.5 Å². The zero-order valence-electron chi connectivity index (χ0n) is 20.3. The van der Waals surface area contributed by atoms with E-state index < -0.39 is 6.10 Å². The number of unbranched alkanes of at least 4 members (excludes halogenated alkanes) is 2.